The van der Waals surface area contributed by atoms with E-state index in [1.54, 1.807) is 11.1 Å². The maximum absolute atomic E-state index is 11.3. The Balaban J connectivity index is 2.27. The quantitative estimate of drug-likeness (QED) is 0.548. The molecule has 0 aliphatic carbocycles. The number of rotatable bonds is 1. The van der Waals surface area contributed by atoms with E-state index in [1.807, 2.05) is 6.92 Å². The van der Waals surface area contributed by atoms with Crippen molar-refractivity contribution in [2.24, 2.45) is 0 Å². The minimum atomic E-state index is -0.0417. The molecule has 0 unspecified atom stereocenters. The largest absolute Gasteiger partial charge is 0.351 e. The van der Waals surface area contributed by atoms with Crippen molar-refractivity contribution in [3.05, 3.63) is 17.5 Å². The summed E-state index contributed by atoms with van der Waals surface area (Å²) in [5.74, 6) is 0.336. The van der Waals surface area contributed by atoms with E-state index in [9.17, 15) is 4.79 Å². The average molecular weight is 152 g/mol. The van der Waals surface area contributed by atoms with Crippen LogP contribution in [0.3, 0.4) is 0 Å². The van der Waals surface area contributed by atoms with E-state index in [0.29, 0.717) is 5.76 Å². The third-order valence-corrected chi connectivity index (χ3v) is 1.68. The second-order valence-electron chi connectivity index (χ2n) is 2.63. The van der Waals surface area contributed by atoms with Crippen LogP contribution in [-0.2, 0) is 0 Å². The van der Waals surface area contributed by atoms with Crippen LogP contribution in [0.1, 0.15) is 16.1 Å². The molecule has 0 atom stereocenters. The second kappa shape index (κ2) is 2.08. The van der Waals surface area contributed by atoms with Gasteiger partial charge in [0.2, 0.25) is 5.76 Å². The average Bonchev–Trinajstić information content (AvgIpc) is 2.74. The first-order valence-corrected chi connectivity index (χ1v) is 3.49. The Hall–Kier alpha value is -1.32. The number of aryl methyl sites for hydroxylation is 1. The summed E-state index contributed by atoms with van der Waals surface area (Å²) >= 11 is 0. The van der Waals surface area contributed by atoms with Gasteiger partial charge in [0.25, 0.3) is 5.91 Å². The van der Waals surface area contributed by atoms with Gasteiger partial charge in [0.15, 0.2) is 0 Å². The first kappa shape index (κ1) is 6.39. The van der Waals surface area contributed by atoms with Gasteiger partial charge in [0.05, 0.1) is 6.20 Å². The van der Waals surface area contributed by atoms with Crippen LogP contribution in [-0.4, -0.2) is 29.1 Å². The maximum atomic E-state index is 11.3. The van der Waals surface area contributed by atoms with Gasteiger partial charge < -0.3 is 9.42 Å². The molecule has 1 aromatic heterocycles. The van der Waals surface area contributed by atoms with E-state index in [-0.39, 0.29) is 5.91 Å². The van der Waals surface area contributed by atoms with Gasteiger partial charge in [-0.3, -0.25) is 4.79 Å². The molecule has 58 valence electrons. The molecule has 0 bridgehead atoms. The molecular weight excluding hydrogens is 144 g/mol. The van der Waals surface area contributed by atoms with Crippen LogP contribution in [0, 0.1) is 6.92 Å². The Bertz CT molecular complexity index is 288. The fraction of sp³-hybridized carbons (Fsp3) is 0.429. The zero-order chi connectivity index (χ0) is 7.84. The highest BCUT2D eigenvalue weighted by atomic mass is 16.5. The van der Waals surface area contributed by atoms with Crippen LogP contribution in [0.15, 0.2) is 10.7 Å². The van der Waals surface area contributed by atoms with Crippen molar-refractivity contribution < 1.29 is 9.32 Å². The molecule has 1 aromatic rings. The topological polar surface area (TPSA) is 46.1 Å². The van der Waals surface area contributed by atoms with Crippen LogP contribution in [0.25, 0.3) is 0 Å². The maximum Gasteiger partial charge on any atom is 0.292 e. The normalized spacial score (nSPS) is 15.2. The van der Waals surface area contributed by atoms with Crippen molar-refractivity contribution in [2.45, 2.75) is 6.92 Å². The Kier molecular flexibility index (Phi) is 1.21. The van der Waals surface area contributed by atoms with E-state index in [4.69, 9.17) is 4.52 Å². The van der Waals surface area contributed by atoms with Crippen molar-refractivity contribution in [2.75, 3.05) is 13.1 Å². The number of aromatic nitrogens is 1. The van der Waals surface area contributed by atoms with Crippen LogP contribution >= 0.6 is 0 Å². The van der Waals surface area contributed by atoms with E-state index in [0.717, 1.165) is 18.7 Å². The number of carbonyl (C=O) groups excluding carboxylic acids is 1. The van der Waals surface area contributed by atoms with Gasteiger partial charge in [-0.25, -0.2) is 0 Å². The predicted octanol–water partition coefficient (Wildman–Crippen LogP) is 0.439. The van der Waals surface area contributed by atoms with Crippen molar-refractivity contribution in [1.29, 1.82) is 0 Å². The van der Waals surface area contributed by atoms with Gasteiger partial charge in [-0.1, -0.05) is 5.16 Å². The standard InChI is InChI=1S/C7H8N2O2/c1-5-4-8-11-6(5)7(10)9-2-3-9/h4H,2-3H2,1H3. The molecule has 0 N–H and O–H groups in total. The molecule has 2 rings (SSSR count). The fourth-order valence-electron chi connectivity index (χ4n) is 0.893. The lowest BCUT2D eigenvalue weighted by molar-refractivity contribution is 0.0845. The molecular formula is C7H8N2O2. The van der Waals surface area contributed by atoms with E-state index >= 15 is 0 Å². The molecule has 4 nitrogen and oxygen atoms in total. The Labute approximate surface area is 63.8 Å². The molecule has 1 aliphatic heterocycles. The molecule has 4 heteroatoms. The molecule has 11 heavy (non-hydrogen) atoms. The first-order chi connectivity index (χ1) is 5.29. The van der Waals surface area contributed by atoms with Gasteiger partial charge in [-0.2, -0.15) is 0 Å². The molecule has 0 spiro atoms. The molecule has 2 heterocycles. The van der Waals surface area contributed by atoms with Crippen molar-refractivity contribution in [3.8, 4) is 0 Å². The molecule has 1 saturated heterocycles. The third kappa shape index (κ3) is 1.00. The summed E-state index contributed by atoms with van der Waals surface area (Å²) < 4.78 is 4.79. The Morgan fingerprint density at radius 1 is 1.73 bits per heavy atom. The van der Waals surface area contributed by atoms with E-state index < -0.39 is 0 Å². The zero-order valence-corrected chi connectivity index (χ0v) is 6.20. The first-order valence-electron chi connectivity index (χ1n) is 3.49. The minimum Gasteiger partial charge on any atom is -0.351 e. The number of nitrogens with zero attached hydrogens (tertiary/aromatic N) is 2. The van der Waals surface area contributed by atoms with Crippen molar-refractivity contribution in [1.82, 2.24) is 10.1 Å². The summed E-state index contributed by atoms with van der Waals surface area (Å²) in [6, 6.07) is 0. The lowest BCUT2D eigenvalue weighted by Gasteiger charge is -1.95. The smallest absolute Gasteiger partial charge is 0.292 e. The zero-order valence-electron chi connectivity index (χ0n) is 6.20. The van der Waals surface area contributed by atoms with E-state index in [1.165, 1.54) is 0 Å². The summed E-state index contributed by atoms with van der Waals surface area (Å²) in [4.78, 5) is 13.0. The Morgan fingerprint density at radius 3 is 2.91 bits per heavy atom. The highest BCUT2D eigenvalue weighted by Crippen LogP contribution is 2.14. The highest BCUT2D eigenvalue weighted by Gasteiger charge is 2.28. The van der Waals surface area contributed by atoms with Gasteiger partial charge in [0, 0.05) is 18.7 Å². The number of amides is 1. The van der Waals surface area contributed by atoms with Crippen LogP contribution in [0.4, 0.5) is 0 Å². The highest BCUT2D eigenvalue weighted by molar-refractivity contribution is 5.93. The van der Waals surface area contributed by atoms with Gasteiger partial charge in [-0.15, -0.1) is 0 Å². The van der Waals surface area contributed by atoms with Gasteiger partial charge in [0.1, 0.15) is 0 Å². The second-order valence-corrected chi connectivity index (χ2v) is 2.63. The summed E-state index contributed by atoms with van der Waals surface area (Å²) in [5, 5.41) is 3.53. The number of carbonyl (C=O) groups is 1. The molecule has 1 fully saturated rings. The monoisotopic (exact) mass is 152 g/mol. The summed E-state index contributed by atoms with van der Waals surface area (Å²) in [6.07, 6.45) is 1.55. The van der Waals surface area contributed by atoms with Crippen molar-refractivity contribution in [3.63, 3.8) is 0 Å². The van der Waals surface area contributed by atoms with Crippen LogP contribution in [0.2, 0.25) is 0 Å². The van der Waals surface area contributed by atoms with Gasteiger partial charge >= 0.3 is 0 Å². The van der Waals surface area contributed by atoms with Crippen LogP contribution in [0.5, 0.6) is 0 Å². The molecule has 1 amide bonds. The van der Waals surface area contributed by atoms with Gasteiger partial charge in [-0.05, 0) is 6.92 Å². The molecule has 0 aromatic carbocycles. The lowest BCUT2D eigenvalue weighted by Crippen LogP contribution is -2.10. The molecule has 1 aliphatic rings. The number of hydrogen-bond acceptors (Lipinski definition) is 3. The molecule has 0 radical (unpaired) electrons. The summed E-state index contributed by atoms with van der Waals surface area (Å²) in [7, 11) is 0. The van der Waals surface area contributed by atoms with Crippen molar-refractivity contribution >= 4 is 5.91 Å². The summed E-state index contributed by atoms with van der Waals surface area (Å²) in [5.41, 5.74) is 0.807. The number of hydrogen-bond donors (Lipinski definition) is 0. The predicted molar refractivity (Wildman–Crippen MR) is 37.1 cm³/mol. The lowest BCUT2D eigenvalue weighted by atomic mass is 10.3. The van der Waals surface area contributed by atoms with Crippen LogP contribution < -0.4 is 0 Å². The van der Waals surface area contributed by atoms with E-state index in [2.05, 4.69) is 5.16 Å². The Morgan fingerprint density at radius 2 is 2.45 bits per heavy atom. The SMILES string of the molecule is Cc1cnoc1C(=O)N1CC1. The minimum absolute atomic E-state index is 0.0417. The third-order valence-electron chi connectivity index (χ3n) is 1.68. The summed E-state index contributed by atoms with van der Waals surface area (Å²) in [6.45, 7) is 3.51. The fourth-order valence-corrected chi connectivity index (χ4v) is 0.893. The molecule has 0 saturated carbocycles.